The number of likely N-dealkylation sites (N-methyl/N-ethyl adjacent to an activating group) is 1. The topological polar surface area (TPSA) is 32.3 Å². The van der Waals surface area contributed by atoms with E-state index < -0.39 is 0 Å². The Bertz CT molecular complexity index is 866. The molecule has 2 rings (SSSR count). The highest BCUT2D eigenvalue weighted by Crippen LogP contribution is 2.11. The maximum atomic E-state index is 12.3. The SMILES string of the molecule is CCN(C/C=C/C#CC(C)(C)C)Cc1cccc(CC(=O)NCCc2ccsc2)c1. The first kappa shape index (κ1) is 23.9. The molecule has 2 aromatic rings. The second-order valence-corrected chi connectivity index (χ2v) is 9.26. The van der Waals surface area contributed by atoms with E-state index in [9.17, 15) is 4.79 Å². The van der Waals surface area contributed by atoms with Gasteiger partial charge in [-0.1, -0.05) is 49.1 Å². The van der Waals surface area contributed by atoms with E-state index >= 15 is 0 Å². The molecule has 0 unspecified atom stereocenters. The van der Waals surface area contributed by atoms with E-state index in [0.29, 0.717) is 13.0 Å². The first-order valence-electron chi connectivity index (χ1n) is 10.6. The number of nitrogens with zero attached hydrogens (tertiary/aromatic N) is 1. The molecule has 0 aliphatic heterocycles. The van der Waals surface area contributed by atoms with Gasteiger partial charge in [0.05, 0.1) is 6.42 Å². The van der Waals surface area contributed by atoms with Crippen LogP contribution in [-0.4, -0.2) is 30.4 Å². The maximum absolute atomic E-state index is 12.3. The number of carbonyl (C=O) groups excluding carboxylic acids is 1. The van der Waals surface area contributed by atoms with Gasteiger partial charge in [-0.2, -0.15) is 11.3 Å². The summed E-state index contributed by atoms with van der Waals surface area (Å²) in [5, 5.41) is 7.22. The van der Waals surface area contributed by atoms with Gasteiger partial charge >= 0.3 is 0 Å². The average molecular weight is 423 g/mol. The number of amides is 1. The molecule has 4 heteroatoms. The van der Waals surface area contributed by atoms with Crippen LogP contribution < -0.4 is 5.32 Å². The van der Waals surface area contributed by atoms with Gasteiger partial charge < -0.3 is 5.32 Å². The lowest BCUT2D eigenvalue weighted by Crippen LogP contribution is -2.27. The summed E-state index contributed by atoms with van der Waals surface area (Å²) < 4.78 is 0. The van der Waals surface area contributed by atoms with E-state index in [1.807, 2.05) is 18.2 Å². The molecular weight excluding hydrogens is 388 g/mol. The van der Waals surface area contributed by atoms with Gasteiger partial charge in [0, 0.05) is 25.0 Å². The third kappa shape index (κ3) is 9.91. The van der Waals surface area contributed by atoms with Gasteiger partial charge in [0.2, 0.25) is 5.91 Å². The molecule has 0 aliphatic carbocycles. The summed E-state index contributed by atoms with van der Waals surface area (Å²) in [4.78, 5) is 14.6. The number of hydrogen-bond donors (Lipinski definition) is 1. The van der Waals surface area contributed by atoms with Crippen molar-refractivity contribution >= 4 is 17.2 Å². The van der Waals surface area contributed by atoms with Crippen molar-refractivity contribution < 1.29 is 4.79 Å². The Morgan fingerprint density at radius 2 is 2.00 bits per heavy atom. The molecular formula is C26H34N2OS. The molecule has 1 N–H and O–H groups in total. The van der Waals surface area contributed by atoms with Crippen LogP contribution in [0.3, 0.4) is 0 Å². The van der Waals surface area contributed by atoms with Gasteiger partial charge in [-0.05, 0) is 73.3 Å². The van der Waals surface area contributed by atoms with Gasteiger partial charge in [0.25, 0.3) is 0 Å². The van der Waals surface area contributed by atoms with Crippen molar-refractivity contribution in [2.24, 2.45) is 5.41 Å². The Balaban J connectivity index is 1.81. The van der Waals surface area contributed by atoms with E-state index in [2.05, 4.69) is 84.8 Å². The average Bonchev–Trinajstić information content (AvgIpc) is 3.19. The highest BCUT2D eigenvalue weighted by atomic mass is 32.1. The van der Waals surface area contributed by atoms with E-state index in [0.717, 1.165) is 31.6 Å². The smallest absolute Gasteiger partial charge is 0.224 e. The summed E-state index contributed by atoms with van der Waals surface area (Å²) >= 11 is 1.69. The summed E-state index contributed by atoms with van der Waals surface area (Å²) in [6.45, 7) is 11.9. The van der Waals surface area contributed by atoms with Crippen molar-refractivity contribution in [1.82, 2.24) is 10.2 Å². The number of nitrogens with one attached hydrogen (secondary N) is 1. The number of carbonyl (C=O) groups is 1. The molecule has 3 nitrogen and oxygen atoms in total. The Kier molecular flexibility index (Phi) is 9.86. The molecule has 1 aromatic carbocycles. The van der Waals surface area contributed by atoms with Crippen LogP contribution in [0.15, 0.2) is 53.2 Å². The quantitative estimate of drug-likeness (QED) is 0.542. The molecule has 160 valence electrons. The van der Waals surface area contributed by atoms with Gasteiger partial charge in [0.15, 0.2) is 0 Å². The predicted molar refractivity (Wildman–Crippen MR) is 129 cm³/mol. The summed E-state index contributed by atoms with van der Waals surface area (Å²) in [5.41, 5.74) is 3.60. The van der Waals surface area contributed by atoms with E-state index in [1.165, 1.54) is 11.1 Å². The van der Waals surface area contributed by atoms with Crippen LogP contribution in [0.2, 0.25) is 0 Å². The van der Waals surface area contributed by atoms with Crippen molar-refractivity contribution in [3.8, 4) is 11.8 Å². The van der Waals surface area contributed by atoms with Crippen LogP contribution >= 0.6 is 11.3 Å². The molecule has 0 fully saturated rings. The first-order chi connectivity index (χ1) is 14.4. The standard InChI is InChI=1S/C26H34N2OS/c1-5-28(16-8-6-7-14-26(2,3)4)20-24-11-9-10-23(18-24)19-25(29)27-15-12-22-13-17-30-21-22/h6,8-11,13,17-18,21H,5,12,15-16,19-20H2,1-4H3,(H,27,29)/b8-6+. The van der Waals surface area contributed by atoms with Crippen LogP contribution in [0.5, 0.6) is 0 Å². The molecule has 0 saturated carbocycles. The van der Waals surface area contributed by atoms with E-state index in [4.69, 9.17) is 0 Å². The maximum Gasteiger partial charge on any atom is 0.224 e. The fourth-order valence-corrected chi connectivity index (χ4v) is 3.65. The Morgan fingerprint density at radius 1 is 1.20 bits per heavy atom. The van der Waals surface area contributed by atoms with E-state index in [-0.39, 0.29) is 11.3 Å². The third-order valence-electron chi connectivity index (χ3n) is 4.54. The Labute approximate surface area is 186 Å². The second kappa shape index (κ2) is 12.4. The van der Waals surface area contributed by atoms with Crippen molar-refractivity contribution in [1.29, 1.82) is 0 Å². The van der Waals surface area contributed by atoms with Crippen LogP contribution in [0, 0.1) is 17.3 Å². The first-order valence-corrected chi connectivity index (χ1v) is 11.6. The summed E-state index contributed by atoms with van der Waals surface area (Å²) in [6.07, 6.45) is 5.37. The molecule has 0 aliphatic rings. The van der Waals surface area contributed by atoms with Crippen LogP contribution in [0.1, 0.15) is 44.4 Å². The lowest BCUT2D eigenvalue weighted by Gasteiger charge is -2.18. The zero-order valence-electron chi connectivity index (χ0n) is 18.7. The normalized spacial score (nSPS) is 11.5. The summed E-state index contributed by atoms with van der Waals surface area (Å²) in [5.74, 6) is 6.42. The van der Waals surface area contributed by atoms with Gasteiger partial charge in [-0.3, -0.25) is 9.69 Å². The summed E-state index contributed by atoms with van der Waals surface area (Å²) in [7, 11) is 0. The zero-order valence-corrected chi connectivity index (χ0v) is 19.5. The highest BCUT2D eigenvalue weighted by Gasteiger charge is 2.07. The highest BCUT2D eigenvalue weighted by molar-refractivity contribution is 7.07. The minimum absolute atomic E-state index is 0.0332. The molecule has 0 atom stereocenters. The Morgan fingerprint density at radius 3 is 2.70 bits per heavy atom. The van der Waals surface area contributed by atoms with Crippen molar-refractivity contribution in [2.45, 2.75) is 47.1 Å². The zero-order chi connectivity index (χ0) is 21.8. The van der Waals surface area contributed by atoms with Crippen LogP contribution in [0.25, 0.3) is 0 Å². The number of rotatable bonds is 10. The van der Waals surface area contributed by atoms with Crippen molar-refractivity contribution in [2.75, 3.05) is 19.6 Å². The van der Waals surface area contributed by atoms with Crippen molar-refractivity contribution in [3.05, 3.63) is 69.9 Å². The second-order valence-electron chi connectivity index (χ2n) is 8.48. The largest absolute Gasteiger partial charge is 0.355 e. The number of allylic oxidation sites excluding steroid dienone is 1. The Hall–Kier alpha value is -2.35. The van der Waals surface area contributed by atoms with Gasteiger partial charge in [-0.25, -0.2) is 0 Å². The number of thiophene rings is 1. The molecule has 0 bridgehead atoms. The fourth-order valence-electron chi connectivity index (χ4n) is 2.95. The molecule has 0 saturated heterocycles. The monoisotopic (exact) mass is 422 g/mol. The number of hydrogen-bond acceptors (Lipinski definition) is 3. The molecule has 1 amide bonds. The molecule has 0 radical (unpaired) electrons. The van der Waals surface area contributed by atoms with Crippen LogP contribution in [0.4, 0.5) is 0 Å². The van der Waals surface area contributed by atoms with Crippen molar-refractivity contribution in [3.63, 3.8) is 0 Å². The molecule has 0 spiro atoms. The predicted octanol–water partition coefficient (Wildman–Crippen LogP) is 5.08. The molecule has 1 aromatic heterocycles. The van der Waals surface area contributed by atoms with Crippen LogP contribution in [-0.2, 0) is 24.2 Å². The summed E-state index contributed by atoms with van der Waals surface area (Å²) in [6, 6.07) is 10.4. The lowest BCUT2D eigenvalue weighted by molar-refractivity contribution is -0.120. The van der Waals surface area contributed by atoms with Gasteiger partial charge in [0.1, 0.15) is 0 Å². The number of benzene rings is 1. The molecule has 30 heavy (non-hydrogen) atoms. The third-order valence-corrected chi connectivity index (χ3v) is 5.27. The van der Waals surface area contributed by atoms with E-state index in [1.54, 1.807) is 11.3 Å². The minimum atomic E-state index is 0.0332. The molecule has 1 heterocycles. The van der Waals surface area contributed by atoms with Gasteiger partial charge in [-0.15, -0.1) is 0 Å². The lowest BCUT2D eigenvalue weighted by atomic mass is 9.98. The fraction of sp³-hybridized carbons (Fsp3) is 0.423. The minimum Gasteiger partial charge on any atom is -0.355 e.